The first-order valence-electron chi connectivity index (χ1n) is 12.4. The van der Waals surface area contributed by atoms with Crippen LogP contribution in [0.5, 0.6) is 0 Å². The number of carbonyl (C=O) groups excluding carboxylic acids is 1. The van der Waals surface area contributed by atoms with Crippen molar-refractivity contribution in [3.05, 3.63) is 113 Å². The first-order valence-corrected chi connectivity index (χ1v) is 14.9. The van der Waals surface area contributed by atoms with Crippen LogP contribution < -0.4 is 10.0 Å². The topological polar surface area (TPSA) is 144 Å². The molecule has 1 heterocycles. The number of anilines is 1. The van der Waals surface area contributed by atoms with Gasteiger partial charge >= 0.3 is 0 Å². The molecule has 0 aliphatic heterocycles. The van der Waals surface area contributed by atoms with Crippen LogP contribution in [0.3, 0.4) is 0 Å². The van der Waals surface area contributed by atoms with E-state index in [-0.39, 0.29) is 11.3 Å². The standard InChI is InChI=1S/C29H24N4O6S2/c1-19-31-26-17-22(11-14-28(26)39-19)20-7-9-21(10-8-20)29(34)32-41(37,38)24-12-13-25(27(18-24)33(35)36)30-15-16-40-23-5-3-2-4-6-23/h2-14,17-18,30H,15-16H2,1H3,(H,32,34). The zero-order valence-electron chi connectivity index (χ0n) is 21.7. The summed E-state index contributed by atoms with van der Waals surface area (Å²) < 4.78 is 33.4. The van der Waals surface area contributed by atoms with Crippen LogP contribution in [-0.2, 0) is 10.0 Å². The number of nitrogens with zero attached hydrogens (tertiary/aromatic N) is 2. The van der Waals surface area contributed by atoms with Crippen LogP contribution in [0.1, 0.15) is 16.2 Å². The highest BCUT2D eigenvalue weighted by Crippen LogP contribution is 2.29. The number of benzene rings is 4. The highest BCUT2D eigenvalue weighted by atomic mass is 32.2. The number of hydrogen-bond donors (Lipinski definition) is 2. The molecular formula is C29H24N4O6S2. The van der Waals surface area contributed by atoms with E-state index in [2.05, 4.69) is 10.3 Å². The number of oxazole rings is 1. The molecule has 0 bridgehead atoms. The number of sulfonamides is 1. The smallest absolute Gasteiger partial charge is 0.293 e. The molecule has 0 spiro atoms. The minimum atomic E-state index is -4.38. The van der Waals surface area contributed by atoms with Gasteiger partial charge in [-0.1, -0.05) is 36.4 Å². The Morgan fingerprint density at radius 3 is 2.44 bits per heavy atom. The van der Waals surface area contributed by atoms with Gasteiger partial charge in [0.1, 0.15) is 11.2 Å². The van der Waals surface area contributed by atoms with E-state index < -0.39 is 31.4 Å². The molecule has 5 rings (SSSR count). The van der Waals surface area contributed by atoms with Crippen LogP contribution in [0.2, 0.25) is 0 Å². The van der Waals surface area contributed by atoms with Gasteiger partial charge in [0.25, 0.3) is 21.6 Å². The summed E-state index contributed by atoms with van der Waals surface area (Å²) >= 11 is 1.58. The summed E-state index contributed by atoms with van der Waals surface area (Å²) in [5.74, 6) is 0.339. The Morgan fingerprint density at radius 1 is 0.976 bits per heavy atom. The lowest BCUT2D eigenvalue weighted by atomic mass is 10.0. The predicted molar refractivity (Wildman–Crippen MR) is 158 cm³/mol. The molecule has 5 aromatic rings. The average molecular weight is 589 g/mol. The minimum absolute atomic E-state index is 0.111. The summed E-state index contributed by atoms with van der Waals surface area (Å²) in [6.45, 7) is 2.18. The van der Waals surface area contributed by atoms with E-state index >= 15 is 0 Å². The van der Waals surface area contributed by atoms with E-state index in [1.165, 1.54) is 24.3 Å². The van der Waals surface area contributed by atoms with Gasteiger partial charge in [-0.05, 0) is 59.7 Å². The van der Waals surface area contributed by atoms with Gasteiger partial charge in [0.15, 0.2) is 11.5 Å². The number of hydrogen-bond acceptors (Lipinski definition) is 9. The van der Waals surface area contributed by atoms with Crippen LogP contribution in [0.25, 0.3) is 22.2 Å². The van der Waals surface area contributed by atoms with Gasteiger partial charge in [0.05, 0.1) is 9.82 Å². The van der Waals surface area contributed by atoms with Gasteiger partial charge in [0, 0.05) is 35.7 Å². The summed E-state index contributed by atoms with van der Waals surface area (Å²) in [4.78, 5) is 28.8. The minimum Gasteiger partial charge on any atom is -0.441 e. The van der Waals surface area contributed by atoms with Crippen molar-refractivity contribution in [2.75, 3.05) is 17.6 Å². The number of aromatic nitrogens is 1. The Kier molecular flexibility index (Phi) is 8.04. The Hall–Kier alpha value is -4.68. The van der Waals surface area contributed by atoms with Crippen LogP contribution in [0.4, 0.5) is 11.4 Å². The lowest BCUT2D eigenvalue weighted by Crippen LogP contribution is -2.30. The molecule has 2 N–H and O–H groups in total. The number of amides is 1. The molecule has 0 fully saturated rings. The normalized spacial score (nSPS) is 11.3. The van der Waals surface area contributed by atoms with Crippen molar-refractivity contribution in [3.8, 4) is 11.1 Å². The third-order valence-electron chi connectivity index (χ3n) is 6.11. The van der Waals surface area contributed by atoms with Gasteiger partial charge in [-0.2, -0.15) is 0 Å². The molecule has 41 heavy (non-hydrogen) atoms. The molecule has 4 aromatic carbocycles. The highest BCUT2D eigenvalue weighted by molar-refractivity contribution is 7.99. The predicted octanol–water partition coefficient (Wildman–Crippen LogP) is 6.03. The van der Waals surface area contributed by atoms with Crippen molar-refractivity contribution in [2.24, 2.45) is 0 Å². The maximum absolute atomic E-state index is 12.9. The molecule has 0 aliphatic rings. The molecule has 0 aliphatic carbocycles. The number of nitrogens with one attached hydrogen (secondary N) is 2. The summed E-state index contributed by atoms with van der Waals surface area (Å²) in [5, 5.41) is 14.7. The second kappa shape index (κ2) is 11.8. The Bertz CT molecular complexity index is 1840. The third-order valence-corrected chi connectivity index (χ3v) is 8.45. The van der Waals surface area contributed by atoms with E-state index in [0.29, 0.717) is 29.3 Å². The number of aryl methyl sites for hydroxylation is 1. The summed E-state index contributed by atoms with van der Waals surface area (Å²) in [5.41, 5.74) is 2.90. The second-order valence-corrected chi connectivity index (χ2v) is 11.8. The number of nitro groups is 1. The van der Waals surface area contributed by atoms with Crippen LogP contribution in [-0.4, -0.2) is 36.5 Å². The molecule has 0 unspecified atom stereocenters. The van der Waals surface area contributed by atoms with E-state index in [1.807, 2.05) is 53.3 Å². The van der Waals surface area contributed by atoms with E-state index in [1.54, 1.807) is 30.8 Å². The van der Waals surface area contributed by atoms with E-state index in [0.717, 1.165) is 22.1 Å². The number of carbonyl (C=O) groups is 1. The summed E-state index contributed by atoms with van der Waals surface area (Å²) in [6, 6.07) is 25.1. The highest BCUT2D eigenvalue weighted by Gasteiger charge is 2.24. The van der Waals surface area contributed by atoms with Crippen LogP contribution in [0, 0.1) is 17.0 Å². The Morgan fingerprint density at radius 2 is 1.71 bits per heavy atom. The average Bonchev–Trinajstić information content (AvgIpc) is 3.35. The molecule has 0 atom stereocenters. The summed E-state index contributed by atoms with van der Waals surface area (Å²) in [6.07, 6.45) is 0. The van der Waals surface area contributed by atoms with Crippen molar-refractivity contribution < 1.29 is 22.6 Å². The molecule has 0 radical (unpaired) electrons. The Balaban J connectivity index is 1.25. The first kappa shape index (κ1) is 27.9. The molecule has 12 heteroatoms. The maximum Gasteiger partial charge on any atom is 0.293 e. The fourth-order valence-corrected chi connectivity index (χ4v) is 5.91. The lowest BCUT2D eigenvalue weighted by Gasteiger charge is -2.11. The molecule has 0 saturated carbocycles. The van der Waals surface area contributed by atoms with Gasteiger partial charge in [0.2, 0.25) is 0 Å². The molecular weight excluding hydrogens is 564 g/mol. The quantitative estimate of drug-likeness (QED) is 0.0864. The van der Waals surface area contributed by atoms with Gasteiger partial charge in [-0.25, -0.2) is 18.1 Å². The van der Waals surface area contributed by atoms with Crippen molar-refractivity contribution in [3.63, 3.8) is 0 Å². The number of fused-ring (bicyclic) bond motifs is 1. The van der Waals surface area contributed by atoms with Crippen molar-refractivity contribution in [1.82, 2.24) is 9.71 Å². The molecule has 0 saturated heterocycles. The first-order chi connectivity index (χ1) is 19.7. The Labute approximate surface area is 240 Å². The van der Waals surface area contributed by atoms with Gasteiger partial charge in [-0.3, -0.25) is 14.9 Å². The van der Waals surface area contributed by atoms with Crippen LogP contribution >= 0.6 is 11.8 Å². The zero-order chi connectivity index (χ0) is 29.0. The van der Waals surface area contributed by atoms with Gasteiger partial charge in [-0.15, -0.1) is 11.8 Å². The van der Waals surface area contributed by atoms with Crippen molar-refractivity contribution in [2.45, 2.75) is 16.7 Å². The molecule has 1 aromatic heterocycles. The SMILES string of the molecule is Cc1nc2cc(-c3ccc(C(=O)NS(=O)(=O)c4ccc(NCCSc5ccccc5)c([N+](=O)[O-])c4)cc3)ccc2o1. The van der Waals surface area contributed by atoms with Crippen LogP contribution in [0.15, 0.2) is 105 Å². The number of nitro benzene ring substituents is 1. The fraction of sp³-hybridized carbons (Fsp3) is 0.103. The zero-order valence-corrected chi connectivity index (χ0v) is 23.4. The second-order valence-electron chi connectivity index (χ2n) is 8.95. The molecule has 1 amide bonds. The van der Waals surface area contributed by atoms with Gasteiger partial charge < -0.3 is 9.73 Å². The number of rotatable bonds is 10. The monoisotopic (exact) mass is 588 g/mol. The molecule has 208 valence electrons. The molecule has 10 nitrogen and oxygen atoms in total. The summed E-state index contributed by atoms with van der Waals surface area (Å²) in [7, 11) is -4.38. The largest absolute Gasteiger partial charge is 0.441 e. The van der Waals surface area contributed by atoms with Crippen molar-refractivity contribution >= 4 is 50.2 Å². The van der Waals surface area contributed by atoms with E-state index in [4.69, 9.17) is 4.42 Å². The van der Waals surface area contributed by atoms with Crippen molar-refractivity contribution in [1.29, 1.82) is 0 Å². The van der Waals surface area contributed by atoms with E-state index in [9.17, 15) is 23.3 Å². The third kappa shape index (κ3) is 6.56. The lowest BCUT2D eigenvalue weighted by molar-refractivity contribution is -0.384. The fourth-order valence-electron chi connectivity index (χ4n) is 4.13. The maximum atomic E-state index is 12.9. The number of thioether (sulfide) groups is 1.